The number of nitrogens with zero attached hydrogens (tertiary/aromatic N) is 3. The first kappa shape index (κ1) is 14.4. The van der Waals surface area contributed by atoms with E-state index in [-0.39, 0.29) is 24.7 Å². The van der Waals surface area contributed by atoms with Gasteiger partial charge in [0.1, 0.15) is 6.33 Å². The summed E-state index contributed by atoms with van der Waals surface area (Å²) in [6, 6.07) is 0. The Morgan fingerprint density at radius 2 is 2.28 bits per heavy atom. The minimum atomic E-state index is -3.57. The standard InChI is InChI=1S/C9H16N4O4S/c1-2-3-6-18(16,17)13(5-4-8(14)15)9-10-7-11-12-9/h7H,2-6H2,1H3,(H,14,15)(H,10,11,12). The summed E-state index contributed by atoms with van der Waals surface area (Å²) < 4.78 is 25.1. The summed E-state index contributed by atoms with van der Waals surface area (Å²) in [6.07, 6.45) is 2.15. The number of nitrogens with one attached hydrogen (secondary N) is 1. The van der Waals surface area contributed by atoms with Crippen LogP contribution in [0.1, 0.15) is 26.2 Å². The fourth-order valence-electron chi connectivity index (χ4n) is 1.33. The highest BCUT2D eigenvalue weighted by molar-refractivity contribution is 7.92. The normalized spacial score (nSPS) is 11.4. The zero-order chi connectivity index (χ0) is 13.6. The Morgan fingerprint density at radius 3 is 2.78 bits per heavy atom. The largest absolute Gasteiger partial charge is 0.481 e. The molecular weight excluding hydrogens is 260 g/mol. The summed E-state index contributed by atoms with van der Waals surface area (Å²) in [5.74, 6) is -1.05. The average Bonchev–Trinajstić information content (AvgIpc) is 2.79. The van der Waals surface area contributed by atoms with Crippen LogP contribution in [0.4, 0.5) is 5.95 Å². The second-order valence-electron chi connectivity index (χ2n) is 3.69. The maximum Gasteiger partial charge on any atom is 0.305 e. The molecule has 1 aromatic heterocycles. The van der Waals surface area contributed by atoms with Gasteiger partial charge >= 0.3 is 5.97 Å². The first-order valence-electron chi connectivity index (χ1n) is 5.55. The van der Waals surface area contributed by atoms with Crippen LogP contribution < -0.4 is 4.31 Å². The van der Waals surface area contributed by atoms with E-state index < -0.39 is 16.0 Å². The van der Waals surface area contributed by atoms with Gasteiger partial charge in [0.25, 0.3) is 0 Å². The van der Waals surface area contributed by atoms with Crippen LogP contribution in [0.3, 0.4) is 0 Å². The Labute approximate surface area is 105 Å². The van der Waals surface area contributed by atoms with Gasteiger partial charge in [-0.1, -0.05) is 13.3 Å². The van der Waals surface area contributed by atoms with Gasteiger partial charge in [0.15, 0.2) is 0 Å². The lowest BCUT2D eigenvalue weighted by molar-refractivity contribution is -0.136. The molecule has 0 atom stereocenters. The number of anilines is 1. The van der Waals surface area contributed by atoms with Crippen LogP contribution in [0.5, 0.6) is 0 Å². The lowest BCUT2D eigenvalue weighted by atomic mass is 10.4. The van der Waals surface area contributed by atoms with Gasteiger partial charge < -0.3 is 5.11 Å². The number of hydrogen-bond donors (Lipinski definition) is 2. The van der Waals surface area contributed by atoms with Gasteiger partial charge in [0.2, 0.25) is 16.0 Å². The van der Waals surface area contributed by atoms with E-state index in [2.05, 4.69) is 15.2 Å². The number of aromatic amines is 1. The number of H-pyrrole nitrogens is 1. The molecule has 1 heterocycles. The second-order valence-corrected chi connectivity index (χ2v) is 5.71. The molecule has 0 saturated heterocycles. The SMILES string of the molecule is CCCCS(=O)(=O)N(CCC(=O)O)c1ncn[nH]1. The van der Waals surface area contributed by atoms with E-state index in [9.17, 15) is 13.2 Å². The molecule has 1 rings (SSSR count). The molecule has 0 amide bonds. The fourth-order valence-corrected chi connectivity index (χ4v) is 2.92. The summed E-state index contributed by atoms with van der Waals surface area (Å²) >= 11 is 0. The van der Waals surface area contributed by atoms with Crippen LogP contribution >= 0.6 is 0 Å². The third-order valence-corrected chi connectivity index (χ3v) is 4.09. The number of sulfonamides is 1. The molecule has 0 radical (unpaired) electrons. The van der Waals surface area contributed by atoms with Crippen molar-refractivity contribution in [3.05, 3.63) is 6.33 Å². The van der Waals surface area contributed by atoms with Crippen molar-refractivity contribution in [1.82, 2.24) is 15.2 Å². The topological polar surface area (TPSA) is 116 Å². The highest BCUT2D eigenvalue weighted by Gasteiger charge is 2.24. The number of aliphatic carboxylic acids is 1. The van der Waals surface area contributed by atoms with E-state index in [1.807, 2.05) is 6.92 Å². The van der Waals surface area contributed by atoms with Gasteiger partial charge in [0, 0.05) is 6.54 Å². The van der Waals surface area contributed by atoms with Crippen molar-refractivity contribution < 1.29 is 18.3 Å². The first-order valence-corrected chi connectivity index (χ1v) is 7.16. The molecule has 0 aliphatic carbocycles. The van der Waals surface area contributed by atoms with Gasteiger partial charge in [-0.2, -0.15) is 10.1 Å². The van der Waals surface area contributed by atoms with E-state index in [0.29, 0.717) is 6.42 Å². The molecule has 9 heteroatoms. The van der Waals surface area contributed by atoms with E-state index >= 15 is 0 Å². The van der Waals surface area contributed by atoms with E-state index in [0.717, 1.165) is 10.7 Å². The number of aromatic nitrogens is 3. The highest BCUT2D eigenvalue weighted by Crippen LogP contribution is 2.13. The molecular formula is C9H16N4O4S. The predicted molar refractivity (Wildman–Crippen MR) is 64.7 cm³/mol. The number of hydrogen-bond acceptors (Lipinski definition) is 5. The molecule has 102 valence electrons. The first-order chi connectivity index (χ1) is 8.47. The Bertz CT molecular complexity index is 471. The molecule has 0 saturated carbocycles. The second kappa shape index (κ2) is 6.34. The maximum atomic E-state index is 12.0. The summed E-state index contributed by atoms with van der Waals surface area (Å²) in [7, 11) is -3.57. The molecule has 0 fully saturated rings. The van der Waals surface area contributed by atoms with Gasteiger partial charge in [-0.25, -0.2) is 17.8 Å². The summed E-state index contributed by atoms with van der Waals surface area (Å²) in [5.41, 5.74) is 0. The minimum Gasteiger partial charge on any atom is -0.481 e. The van der Waals surface area contributed by atoms with Crippen molar-refractivity contribution in [3.8, 4) is 0 Å². The molecule has 0 spiro atoms. The van der Waals surface area contributed by atoms with Crippen molar-refractivity contribution in [2.45, 2.75) is 26.2 Å². The fraction of sp³-hybridized carbons (Fsp3) is 0.667. The molecule has 0 bridgehead atoms. The molecule has 0 aliphatic heterocycles. The lowest BCUT2D eigenvalue weighted by Crippen LogP contribution is -2.35. The summed E-state index contributed by atoms with van der Waals surface area (Å²) in [4.78, 5) is 14.3. The Hall–Kier alpha value is -1.64. The number of rotatable bonds is 8. The van der Waals surface area contributed by atoms with Crippen LogP contribution in [0.25, 0.3) is 0 Å². The molecule has 1 aromatic rings. The van der Waals surface area contributed by atoms with Gasteiger partial charge in [-0.3, -0.25) is 4.79 Å². The molecule has 2 N–H and O–H groups in total. The quantitative estimate of drug-likeness (QED) is 0.701. The molecule has 8 nitrogen and oxygen atoms in total. The van der Waals surface area contributed by atoms with Crippen molar-refractivity contribution in [2.75, 3.05) is 16.6 Å². The van der Waals surface area contributed by atoms with Crippen LogP contribution in [-0.2, 0) is 14.8 Å². The van der Waals surface area contributed by atoms with Gasteiger partial charge in [-0.15, -0.1) is 0 Å². The number of carboxylic acid groups (broad SMARTS) is 1. The zero-order valence-electron chi connectivity index (χ0n) is 10.0. The monoisotopic (exact) mass is 276 g/mol. The molecule has 18 heavy (non-hydrogen) atoms. The van der Waals surface area contributed by atoms with Crippen molar-refractivity contribution in [3.63, 3.8) is 0 Å². The average molecular weight is 276 g/mol. The van der Waals surface area contributed by atoms with Crippen molar-refractivity contribution in [1.29, 1.82) is 0 Å². The van der Waals surface area contributed by atoms with E-state index in [4.69, 9.17) is 5.11 Å². The van der Waals surface area contributed by atoms with E-state index in [1.54, 1.807) is 0 Å². The highest BCUT2D eigenvalue weighted by atomic mass is 32.2. The van der Waals surface area contributed by atoms with Gasteiger partial charge in [-0.05, 0) is 6.42 Å². The number of carboxylic acids is 1. The third-order valence-electron chi connectivity index (χ3n) is 2.26. The Balaban J connectivity index is 2.87. The summed E-state index contributed by atoms with van der Waals surface area (Å²) in [5, 5.41) is 14.6. The number of carbonyl (C=O) groups is 1. The van der Waals surface area contributed by atoms with Crippen molar-refractivity contribution in [2.24, 2.45) is 0 Å². The van der Waals surface area contributed by atoms with Crippen LogP contribution in [0.2, 0.25) is 0 Å². The third kappa shape index (κ3) is 3.99. The van der Waals surface area contributed by atoms with Gasteiger partial charge in [0.05, 0.1) is 12.2 Å². The Kier molecular flexibility index (Phi) is 5.08. The zero-order valence-corrected chi connectivity index (χ0v) is 10.9. The van der Waals surface area contributed by atoms with E-state index in [1.165, 1.54) is 6.33 Å². The molecule has 0 aliphatic rings. The lowest BCUT2D eigenvalue weighted by Gasteiger charge is -2.20. The van der Waals surface area contributed by atoms with Crippen LogP contribution in [0, 0.1) is 0 Å². The summed E-state index contributed by atoms with van der Waals surface area (Å²) in [6.45, 7) is 1.72. The predicted octanol–water partition coefficient (Wildman–Crippen LogP) is 0.216. The van der Waals surface area contributed by atoms with Crippen molar-refractivity contribution >= 4 is 21.9 Å². The number of unbranched alkanes of at least 4 members (excludes halogenated alkanes) is 1. The molecule has 0 unspecified atom stereocenters. The van der Waals surface area contributed by atoms with Crippen LogP contribution in [-0.4, -0.2) is 47.0 Å². The molecule has 0 aromatic carbocycles. The minimum absolute atomic E-state index is 0.0379. The Morgan fingerprint density at radius 1 is 1.56 bits per heavy atom. The smallest absolute Gasteiger partial charge is 0.305 e. The van der Waals surface area contributed by atoms with Crippen LogP contribution in [0.15, 0.2) is 6.33 Å². The maximum absolute atomic E-state index is 12.0.